The van der Waals surface area contributed by atoms with Crippen molar-refractivity contribution in [3.05, 3.63) is 34.9 Å². The molecule has 5 nitrogen and oxygen atoms in total. The third-order valence-corrected chi connectivity index (χ3v) is 11.0. The summed E-state index contributed by atoms with van der Waals surface area (Å²) in [6.07, 6.45) is 4.46. The Kier molecular flexibility index (Phi) is 7.25. The first kappa shape index (κ1) is 28.3. The summed E-state index contributed by atoms with van der Waals surface area (Å²) in [7, 11) is 0. The molecule has 0 spiro atoms. The van der Waals surface area contributed by atoms with E-state index in [4.69, 9.17) is 4.74 Å². The van der Waals surface area contributed by atoms with E-state index in [2.05, 4.69) is 47.3 Å². The molecule has 0 radical (unpaired) electrons. The highest BCUT2D eigenvalue weighted by atomic mass is 16.5. The normalized spacial score (nSPS) is 39.5. The van der Waals surface area contributed by atoms with Gasteiger partial charge in [-0.1, -0.05) is 66.7 Å². The van der Waals surface area contributed by atoms with Gasteiger partial charge in [-0.3, -0.25) is 9.59 Å². The van der Waals surface area contributed by atoms with E-state index < -0.39 is 40.5 Å². The van der Waals surface area contributed by atoms with Crippen molar-refractivity contribution in [2.24, 2.45) is 39.9 Å². The summed E-state index contributed by atoms with van der Waals surface area (Å²) >= 11 is 0. The predicted molar refractivity (Wildman–Crippen MR) is 146 cm³/mol. The van der Waals surface area contributed by atoms with Crippen LogP contribution in [0.4, 0.5) is 0 Å². The monoisotopic (exact) mass is 512 g/mol. The summed E-state index contributed by atoms with van der Waals surface area (Å²) in [5, 5.41) is 21.8. The fraction of sp³-hybridized carbons (Fsp3) is 0.750. The Balaban J connectivity index is 1.79. The standard InChI is InChI=1S/C32H48O5/c1-17(2)18(3)10-11-19(4)22-13-14-23-21-12-15-25-30(6,7)28(36)24(34)16-31(25,8)26(21)27(35)29(32(22,23)9)37-20(5)33/h14,17,19,22,24-25,28-29,34,36H,3,10-13,15-16H2,1-2,4-9H3. The smallest absolute Gasteiger partial charge is 0.303 e. The van der Waals surface area contributed by atoms with Gasteiger partial charge in [0.1, 0.15) is 0 Å². The third kappa shape index (κ3) is 4.19. The van der Waals surface area contributed by atoms with Crippen LogP contribution in [0.15, 0.2) is 34.9 Å². The molecule has 8 unspecified atom stereocenters. The van der Waals surface area contributed by atoms with E-state index in [0.717, 1.165) is 43.3 Å². The average molecular weight is 513 g/mol. The number of aliphatic hydroxyl groups excluding tert-OH is 2. The molecule has 0 aromatic heterocycles. The lowest BCUT2D eigenvalue weighted by molar-refractivity contribution is -0.169. The number of fused-ring (bicyclic) bond motifs is 4. The van der Waals surface area contributed by atoms with E-state index in [-0.39, 0.29) is 17.6 Å². The quantitative estimate of drug-likeness (QED) is 0.340. The van der Waals surface area contributed by atoms with Crippen LogP contribution in [0.3, 0.4) is 0 Å². The topological polar surface area (TPSA) is 83.8 Å². The van der Waals surface area contributed by atoms with Gasteiger partial charge in [-0.15, -0.1) is 0 Å². The zero-order chi connectivity index (χ0) is 27.7. The minimum Gasteiger partial charge on any atom is -0.453 e. The van der Waals surface area contributed by atoms with Crippen LogP contribution >= 0.6 is 0 Å². The molecule has 0 aromatic carbocycles. The van der Waals surface area contributed by atoms with E-state index in [1.165, 1.54) is 18.1 Å². The van der Waals surface area contributed by atoms with E-state index in [1.807, 2.05) is 13.8 Å². The van der Waals surface area contributed by atoms with Crippen LogP contribution in [-0.2, 0) is 14.3 Å². The maximum atomic E-state index is 14.5. The lowest BCUT2D eigenvalue weighted by atomic mass is 9.45. The first-order chi connectivity index (χ1) is 17.1. The fourth-order valence-electron chi connectivity index (χ4n) is 8.80. The molecule has 0 bridgehead atoms. The van der Waals surface area contributed by atoms with Crippen LogP contribution in [0.5, 0.6) is 0 Å². The first-order valence-electron chi connectivity index (χ1n) is 14.3. The number of ether oxygens (including phenoxy) is 1. The molecule has 0 saturated heterocycles. The molecule has 4 aliphatic carbocycles. The fourth-order valence-corrected chi connectivity index (χ4v) is 8.80. The van der Waals surface area contributed by atoms with Crippen LogP contribution in [0.25, 0.3) is 0 Å². The van der Waals surface area contributed by atoms with Gasteiger partial charge in [0.05, 0.1) is 12.2 Å². The zero-order valence-electron chi connectivity index (χ0n) is 24.2. The molecule has 4 rings (SSSR count). The molecule has 0 aliphatic heterocycles. The van der Waals surface area contributed by atoms with Crippen molar-refractivity contribution in [1.82, 2.24) is 0 Å². The Bertz CT molecular complexity index is 1050. The zero-order valence-corrected chi connectivity index (χ0v) is 24.2. The molecular weight excluding hydrogens is 464 g/mol. The Morgan fingerprint density at radius 3 is 2.43 bits per heavy atom. The second-order valence-electron chi connectivity index (χ2n) is 13.8. The van der Waals surface area contributed by atoms with Crippen LogP contribution in [0, 0.1) is 39.9 Å². The van der Waals surface area contributed by atoms with Gasteiger partial charge in [-0.2, -0.15) is 0 Å². The van der Waals surface area contributed by atoms with Crippen molar-refractivity contribution in [2.75, 3.05) is 0 Å². The van der Waals surface area contributed by atoms with Gasteiger partial charge in [0.25, 0.3) is 0 Å². The maximum absolute atomic E-state index is 14.5. The molecule has 4 aliphatic rings. The Hall–Kier alpha value is -1.72. The number of hydrogen-bond acceptors (Lipinski definition) is 5. The van der Waals surface area contributed by atoms with E-state index in [0.29, 0.717) is 18.3 Å². The van der Waals surface area contributed by atoms with Crippen LogP contribution in [0.2, 0.25) is 0 Å². The Labute approximate surface area is 223 Å². The van der Waals surface area contributed by atoms with Gasteiger partial charge in [-0.05, 0) is 78.8 Å². The van der Waals surface area contributed by atoms with Crippen molar-refractivity contribution in [1.29, 1.82) is 0 Å². The third-order valence-electron chi connectivity index (χ3n) is 11.0. The molecule has 2 N–H and O–H groups in total. The average Bonchev–Trinajstić information content (AvgIpc) is 3.15. The van der Waals surface area contributed by atoms with Crippen LogP contribution in [0.1, 0.15) is 93.9 Å². The minimum atomic E-state index is -0.907. The van der Waals surface area contributed by atoms with Crippen molar-refractivity contribution < 1.29 is 24.5 Å². The number of hydrogen-bond donors (Lipinski definition) is 2. The van der Waals surface area contributed by atoms with Crippen molar-refractivity contribution in [2.45, 2.75) is 112 Å². The van der Waals surface area contributed by atoms with Crippen molar-refractivity contribution >= 4 is 11.8 Å². The largest absolute Gasteiger partial charge is 0.453 e. The van der Waals surface area contributed by atoms with Gasteiger partial charge in [0, 0.05) is 23.3 Å². The summed E-state index contributed by atoms with van der Waals surface area (Å²) < 4.78 is 5.95. The first-order valence-corrected chi connectivity index (χ1v) is 14.3. The number of carbonyl (C=O) groups excluding carboxylic acids is 2. The van der Waals surface area contributed by atoms with Crippen LogP contribution < -0.4 is 0 Å². The highest BCUT2D eigenvalue weighted by Gasteiger charge is 2.65. The maximum Gasteiger partial charge on any atom is 0.303 e. The number of rotatable bonds is 6. The second-order valence-corrected chi connectivity index (χ2v) is 13.8. The van der Waals surface area contributed by atoms with Crippen molar-refractivity contribution in [3.8, 4) is 0 Å². The van der Waals surface area contributed by atoms with Gasteiger partial charge in [0.2, 0.25) is 5.78 Å². The molecule has 206 valence electrons. The number of aliphatic hydroxyl groups is 2. The molecule has 0 aromatic rings. The molecule has 37 heavy (non-hydrogen) atoms. The SMILES string of the molecule is C=C(CCC(C)C1CC=C2C3=C(C(=O)C(OC(C)=O)C21C)C1(C)CC(O)C(O)C(C)(C)C1CC3)C(C)C. The minimum absolute atomic E-state index is 0.0437. The van der Waals surface area contributed by atoms with Gasteiger partial charge in [-0.25, -0.2) is 0 Å². The number of carbonyl (C=O) groups is 2. The van der Waals surface area contributed by atoms with E-state index in [9.17, 15) is 19.8 Å². The summed E-state index contributed by atoms with van der Waals surface area (Å²) in [6.45, 7) is 20.5. The summed E-state index contributed by atoms with van der Waals surface area (Å²) in [5.41, 5.74) is 2.55. The summed E-state index contributed by atoms with van der Waals surface area (Å²) in [4.78, 5) is 26.9. The Morgan fingerprint density at radius 2 is 1.84 bits per heavy atom. The summed E-state index contributed by atoms with van der Waals surface area (Å²) in [6, 6.07) is 0. The highest BCUT2D eigenvalue weighted by molar-refractivity contribution is 6.05. The van der Waals surface area contributed by atoms with Gasteiger partial charge in [0.15, 0.2) is 6.10 Å². The van der Waals surface area contributed by atoms with Gasteiger partial charge < -0.3 is 14.9 Å². The molecule has 1 fully saturated rings. The molecule has 1 saturated carbocycles. The van der Waals surface area contributed by atoms with E-state index >= 15 is 0 Å². The number of ketones is 1. The van der Waals surface area contributed by atoms with E-state index in [1.54, 1.807) is 0 Å². The molecular formula is C32H48O5. The highest BCUT2D eigenvalue weighted by Crippen LogP contribution is 2.66. The lowest BCUT2D eigenvalue weighted by Crippen LogP contribution is -2.61. The number of Topliss-reactive ketones (excluding diaryl/α,β-unsaturated/α-hetero) is 1. The van der Waals surface area contributed by atoms with Crippen LogP contribution in [-0.4, -0.2) is 40.3 Å². The molecule has 8 atom stereocenters. The van der Waals surface area contributed by atoms with Gasteiger partial charge >= 0.3 is 5.97 Å². The number of esters is 1. The predicted octanol–water partition coefficient (Wildman–Crippen LogP) is 5.95. The molecule has 0 heterocycles. The lowest BCUT2D eigenvalue weighted by Gasteiger charge is -2.60. The summed E-state index contributed by atoms with van der Waals surface area (Å²) in [5.74, 6) is 0.475. The number of allylic oxidation sites excluding steroid dienone is 3. The Morgan fingerprint density at radius 1 is 1.19 bits per heavy atom. The second kappa shape index (κ2) is 9.48. The molecule has 0 amide bonds. The van der Waals surface area contributed by atoms with Crippen molar-refractivity contribution in [3.63, 3.8) is 0 Å². The molecule has 5 heteroatoms.